The van der Waals surface area contributed by atoms with Crippen LogP contribution in [-0.2, 0) is 4.79 Å². The molecule has 0 aliphatic heterocycles. The van der Waals surface area contributed by atoms with E-state index in [1.54, 1.807) is 31.2 Å². The fraction of sp³-hybridized carbons (Fsp3) is 0.467. The molecular weight excluding hydrogens is 242 g/mol. The van der Waals surface area contributed by atoms with E-state index in [0.29, 0.717) is 17.9 Å². The molecule has 0 fully saturated rings. The first kappa shape index (κ1) is 15.2. The second-order valence-corrected chi connectivity index (χ2v) is 4.49. The number of unbranched alkanes of at least 4 members (excludes halogenated alkanes) is 1. The third kappa shape index (κ3) is 5.12. The summed E-state index contributed by atoms with van der Waals surface area (Å²) < 4.78 is 5.53. The summed E-state index contributed by atoms with van der Waals surface area (Å²) in [5, 5.41) is 2.81. The van der Waals surface area contributed by atoms with Crippen molar-refractivity contribution in [3.8, 4) is 5.75 Å². The Kier molecular flexibility index (Phi) is 6.06. The summed E-state index contributed by atoms with van der Waals surface area (Å²) in [6.45, 7) is 5.93. The van der Waals surface area contributed by atoms with Crippen molar-refractivity contribution in [2.45, 2.75) is 39.7 Å². The Morgan fingerprint density at radius 3 is 2.74 bits per heavy atom. The van der Waals surface area contributed by atoms with Crippen LogP contribution in [0, 0.1) is 0 Å². The van der Waals surface area contributed by atoms with Gasteiger partial charge in [0, 0.05) is 12.1 Å². The average molecular weight is 263 g/mol. The molecule has 1 atom stereocenters. The van der Waals surface area contributed by atoms with Gasteiger partial charge < -0.3 is 10.1 Å². The maximum atomic E-state index is 11.7. The first-order chi connectivity index (χ1) is 9.04. The molecule has 1 amide bonds. The molecule has 1 unspecified atom stereocenters. The molecule has 0 heterocycles. The Labute approximate surface area is 114 Å². The second kappa shape index (κ2) is 7.56. The quantitative estimate of drug-likeness (QED) is 0.607. The number of hydrogen-bond acceptors (Lipinski definition) is 3. The number of carbonyl (C=O) groups excluding carboxylic acids is 2. The monoisotopic (exact) mass is 263 g/mol. The Balaban J connectivity index is 2.56. The summed E-state index contributed by atoms with van der Waals surface area (Å²) in [7, 11) is 0. The van der Waals surface area contributed by atoms with Gasteiger partial charge in [-0.05, 0) is 32.4 Å². The standard InChI is InChI=1S/C15H21NO3/c1-4-5-9-16-15(18)12(3)19-14-8-6-7-13(10-14)11(2)17/h6-8,10,12H,4-5,9H2,1-3H3,(H,16,18). The predicted molar refractivity (Wildman–Crippen MR) is 74.5 cm³/mol. The van der Waals surface area contributed by atoms with E-state index in [1.165, 1.54) is 6.92 Å². The summed E-state index contributed by atoms with van der Waals surface area (Å²) in [4.78, 5) is 23.0. The third-order valence-corrected chi connectivity index (χ3v) is 2.75. The van der Waals surface area contributed by atoms with Crippen LogP contribution in [-0.4, -0.2) is 24.3 Å². The van der Waals surface area contributed by atoms with Gasteiger partial charge in [-0.3, -0.25) is 9.59 Å². The minimum Gasteiger partial charge on any atom is -0.481 e. The molecular formula is C15H21NO3. The van der Waals surface area contributed by atoms with Crippen molar-refractivity contribution < 1.29 is 14.3 Å². The highest BCUT2D eigenvalue weighted by Crippen LogP contribution is 2.15. The number of rotatable bonds is 7. The molecule has 1 aromatic carbocycles. The van der Waals surface area contributed by atoms with Crippen molar-refractivity contribution in [3.05, 3.63) is 29.8 Å². The lowest BCUT2D eigenvalue weighted by Gasteiger charge is -2.15. The van der Waals surface area contributed by atoms with Crippen LogP contribution in [0.25, 0.3) is 0 Å². The number of hydrogen-bond donors (Lipinski definition) is 1. The number of nitrogens with one attached hydrogen (secondary N) is 1. The molecule has 1 rings (SSSR count). The molecule has 0 saturated heterocycles. The topological polar surface area (TPSA) is 55.4 Å². The van der Waals surface area contributed by atoms with Crippen LogP contribution in [0.2, 0.25) is 0 Å². The van der Waals surface area contributed by atoms with Crippen LogP contribution < -0.4 is 10.1 Å². The van der Waals surface area contributed by atoms with E-state index in [4.69, 9.17) is 4.74 Å². The van der Waals surface area contributed by atoms with E-state index < -0.39 is 6.10 Å². The van der Waals surface area contributed by atoms with E-state index >= 15 is 0 Å². The van der Waals surface area contributed by atoms with E-state index in [2.05, 4.69) is 12.2 Å². The smallest absolute Gasteiger partial charge is 0.260 e. The lowest BCUT2D eigenvalue weighted by Crippen LogP contribution is -2.36. The molecule has 0 aliphatic rings. The van der Waals surface area contributed by atoms with Crippen LogP contribution >= 0.6 is 0 Å². The van der Waals surface area contributed by atoms with E-state index in [9.17, 15) is 9.59 Å². The zero-order valence-electron chi connectivity index (χ0n) is 11.7. The minimum atomic E-state index is -0.570. The molecule has 4 nitrogen and oxygen atoms in total. The van der Waals surface area contributed by atoms with Gasteiger partial charge in [0.2, 0.25) is 0 Å². The van der Waals surface area contributed by atoms with Gasteiger partial charge in [0.1, 0.15) is 5.75 Å². The van der Waals surface area contributed by atoms with Crippen molar-refractivity contribution in [3.63, 3.8) is 0 Å². The molecule has 104 valence electrons. The summed E-state index contributed by atoms with van der Waals surface area (Å²) in [6.07, 6.45) is 1.42. The van der Waals surface area contributed by atoms with Crippen LogP contribution in [0.1, 0.15) is 44.0 Å². The van der Waals surface area contributed by atoms with Gasteiger partial charge in [0.05, 0.1) is 0 Å². The molecule has 4 heteroatoms. The van der Waals surface area contributed by atoms with Crippen LogP contribution in [0.3, 0.4) is 0 Å². The SMILES string of the molecule is CCCCNC(=O)C(C)Oc1cccc(C(C)=O)c1. The molecule has 0 saturated carbocycles. The number of ether oxygens (including phenoxy) is 1. The highest BCUT2D eigenvalue weighted by Gasteiger charge is 2.14. The summed E-state index contributed by atoms with van der Waals surface area (Å²) in [5.74, 6) is 0.373. The molecule has 0 bridgehead atoms. The highest BCUT2D eigenvalue weighted by atomic mass is 16.5. The zero-order valence-corrected chi connectivity index (χ0v) is 11.7. The van der Waals surface area contributed by atoms with Crippen LogP contribution in [0.15, 0.2) is 24.3 Å². The summed E-state index contributed by atoms with van der Waals surface area (Å²) >= 11 is 0. The lowest BCUT2D eigenvalue weighted by molar-refractivity contribution is -0.127. The van der Waals surface area contributed by atoms with Crippen molar-refractivity contribution >= 4 is 11.7 Å². The van der Waals surface area contributed by atoms with E-state index in [0.717, 1.165) is 12.8 Å². The zero-order chi connectivity index (χ0) is 14.3. The fourth-order valence-electron chi connectivity index (χ4n) is 1.58. The third-order valence-electron chi connectivity index (χ3n) is 2.75. The number of ketones is 1. The Morgan fingerprint density at radius 1 is 1.37 bits per heavy atom. The van der Waals surface area contributed by atoms with Crippen molar-refractivity contribution in [2.24, 2.45) is 0 Å². The van der Waals surface area contributed by atoms with Gasteiger partial charge in [0.15, 0.2) is 11.9 Å². The van der Waals surface area contributed by atoms with E-state index in [1.807, 2.05) is 0 Å². The average Bonchev–Trinajstić information content (AvgIpc) is 2.39. The summed E-state index contributed by atoms with van der Waals surface area (Å²) in [6, 6.07) is 6.86. The fourth-order valence-corrected chi connectivity index (χ4v) is 1.58. The minimum absolute atomic E-state index is 0.0227. The largest absolute Gasteiger partial charge is 0.481 e. The van der Waals surface area contributed by atoms with E-state index in [-0.39, 0.29) is 11.7 Å². The van der Waals surface area contributed by atoms with Crippen molar-refractivity contribution in [1.82, 2.24) is 5.32 Å². The number of benzene rings is 1. The maximum absolute atomic E-state index is 11.7. The van der Waals surface area contributed by atoms with Gasteiger partial charge in [-0.15, -0.1) is 0 Å². The summed E-state index contributed by atoms with van der Waals surface area (Å²) in [5.41, 5.74) is 0.580. The highest BCUT2D eigenvalue weighted by molar-refractivity contribution is 5.94. The van der Waals surface area contributed by atoms with Gasteiger partial charge in [-0.25, -0.2) is 0 Å². The van der Waals surface area contributed by atoms with Gasteiger partial charge in [-0.2, -0.15) is 0 Å². The molecule has 1 aromatic rings. The maximum Gasteiger partial charge on any atom is 0.260 e. The molecule has 0 aromatic heterocycles. The van der Waals surface area contributed by atoms with Gasteiger partial charge >= 0.3 is 0 Å². The van der Waals surface area contributed by atoms with Crippen LogP contribution in [0.5, 0.6) is 5.75 Å². The van der Waals surface area contributed by atoms with Crippen LogP contribution in [0.4, 0.5) is 0 Å². The Hall–Kier alpha value is -1.84. The lowest BCUT2D eigenvalue weighted by atomic mass is 10.1. The van der Waals surface area contributed by atoms with Crippen molar-refractivity contribution in [2.75, 3.05) is 6.54 Å². The number of carbonyl (C=O) groups is 2. The number of Topliss-reactive ketones (excluding diaryl/α,β-unsaturated/α-hetero) is 1. The molecule has 19 heavy (non-hydrogen) atoms. The van der Waals surface area contributed by atoms with Crippen molar-refractivity contribution in [1.29, 1.82) is 0 Å². The second-order valence-electron chi connectivity index (χ2n) is 4.49. The molecule has 0 spiro atoms. The normalized spacial score (nSPS) is 11.7. The Morgan fingerprint density at radius 2 is 2.11 bits per heavy atom. The number of amides is 1. The predicted octanol–water partition coefficient (Wildman–Crippen LogP) is 2.57. The molecule has 0 aliphatic carbocycles. The molecule has 1 N–H and O–H groups in total. The first-order valence-corrected chi connectivity index (χ1v) is 6.60. The first-order valence-electron chi connectivity index (χ1n) is 6.60. The van der Waals surface area contributed by atoms with Gasteiger partial charge in [-0.1, -0.05) is 25.5 Å². The molecule has 0 radical (unpaired) electrons. The Bertz CT molecular complexity index is 443. The van der Waals surface area contributed by atoms with Gasteiger partial charge in [0.25, 0.3) is 5.91 Å².